The molecule has 0 atom stereocenters. The number of thioether (sulfide) groups is 1. The smallest absolute Gasteiger partial charge is 0.234 e. The molecule has 0 unspecified atom stereocenters. The van der Waals surface area contributed by atoms with Gasteiger partial charge in [-0.25, -0.2) is 0 Å². The van der Waals surface area contributed by atoms with Gasteiger partial charge in [-0.2, -0.15) is 0 Å². The molecule has 3 aromatic rings. The lowest BCUT2D eigenvalue weighted by atomic mass is 9.95. The highest BCUT2D eigenvalue weighted by molar-refractivity contribution is 7.99. The van der Waals surface area contributed by atoms with Gasteiger partial charge in [0.1, 0.15) is 5.82 Å². The molecule has 1 fully saturated rings. The Labute approximate surface area is 196 Å². The second kappa shape index (κ2) is 10.8. The molecule has 9 heteroatoms. The van der Waals surface area contributed by atoms with Crippen molar-refractivity contribution in [1.82, 2.24) is 14.8 Å². The van der Waals surface area contributed by atoms with Crippen molar-refractivity contribution in [2.45, 2.75) is 56.6 Å². The predicted octanol–water partition coefficient (Wildman–Crippen LogP) is 5.12. The molecule has 0 saturated heterocycles. The molecule has 2 N–H and O–H groups in total. The van der Waals surface area contributed by atoms with Crippen molar-refractivity contribution < 1.29 is 9.59 Å². The van der Waals surface area contributed by atoms with Crippen molar-refractivity contribution in [1.29, 1.82) is 0 Å². The molecular weight excluding hydrogens is 442 g/mol. The van der Waals surface area contributed by atoms with Gasteiger partial charge >= 0.3 is 0 Å². The van der Waals surface area contributed by atoms with Crippen LogP contribution in [0.2, 0.25) is 0 Å². The van der Waals surface area contributed by atoms with Crippen molar-refractivity contribution >= 4 is 46.3 Å². The number of aromatic nitrogens is 3. The molecule has 1 saturated carbocycles. The highest BCUT2D eigenvalue weighted by atomic mass is 32.2. The molecule has 0 spiro atoms. The van der Waals surface area contributed by atoms with Crippen LogP contribution in [0.5, 0.6) is 0 Å². The number of nitrogens with zero attached hydrogens (tertiary/aromatic N) is 3. The van der Waals surface area contributed by atoms with E-state index in [-0.39, 0.29) is 17.6 Å². The fraction of sp³-hybridized carbons (Fsp3) is 0.391. The number of thiophene rings is 1. The van der Waals surface area contributed by atoms with E-state index in [1.807, 2.05) is 0 Å². The number of hydrogen-bond donors (Lipinski definition) is 2. The molecule has 4 rings (SSSR count). The number of amides is 2. The Kier molecular flexibility index (Phi) is 7.59. The minimum absolute atomic E-state index is 0.118. The molecule has 2 amide bonds. The van der Waals surface area contributed by atoms with E-state index in [4.69, 9.17) is 0 Å². The van der Waals surface area contributed by atoms with Crippen LogP contribution >= 0.6 is 23.1 Å². The van der Waals surface area contributed by atoms with Gasteiger partial charge in [-0.05, 0) is 42.5 Å². The van der Waals surface area contributed by atoms with Crippen LogP contribution in [0.3, 0.4) is 0 Å². The summed E-state index contributed by atoms with van der Waals surface area (Å²) >= 11 is 3.16. The largest absolute Gasteiger partial charge is 0.326 e. The third-order valence-corrected chi connectivity index (χ3v) is 7.21. The van der Waals surface area contributed by atoms with Gasteiger partial charge in [-0.1, -0.05) is 43.2 Å². The number of carbonyl (C=O) groups excluding carboxylic acids is 2. The SMILES string of the molecule is CC(=O)Nc1cccc(NC(=O)CSc2nnc(Cc3cccs3)n2C2CCCCC2)c1. The van der Waals surface area contributed by atoms with Crippen LogP contribution in [-0.4, -0.2) is 32.3 Å². The molecular formula is C23H27N5O2S2. The summed E-state index contributed by atoms with van der Waals surface area (Å²) in [5.74, 6) is 0.955. The first kappa shape index (κ1) is 22.5. The standard InChI is InChI=1S/C23H27N5O2S2/c1-16(29)24-17-7-5-8-18(13-17)25-22(30)15-32-23-27-26-21(14-20-11-6-12-31-20)28(23)19-9-3-2-4-10-19/h5-8,11-13,19H,2-4,9-10,14-15H2,1H3,(H,24,29)(H,25,30). The Hall–Kier alpha value is -2.65. The van der Waals surface area contributed by atoms with Crippen LogP contribution in [0, 0.1) is 0 Å². The summed E-state index contributed by atoms with van der Waals surface area (Å²) in [6, 6.07) is 11.7. The zero-order valence-electron chi connectivity index (χ0n) is 18.0. The number of anilines is 2. The van der Waals surface area contributed by atoms with Crippen molar-refractivity contribution in [3.05, 3.63) is 52.5 Å². The van der Waals surface area contributed by atoms with E-state index in [1.165, 1.54) is 42.8 Å². The van der Waals surface area contributed by atoms with Crippen LogP contribution in [-0.2, 0) is 16.0 Å². The summed E-state index contributed by atoms with van der Waals surface area (Å²) in [6.07, 6.45) is 6.74. The van der Waals surface area contributed by atoms with Gasteiger partial charge in [0.2, 0.25) is 11.8 Å². The van der Waals surface area contributed by atoms with E-state index in [1.54, 1.807) is 35.6 Å². The first-order valence-corrected chi connectivity index (χ1v) is 12.7. The topological polar surface area (TPSA) is 88.9 Å². The second-order valence-corrected chi connectivity index (χ2v) is 9.89. The lowest BCUT2D eigenvalue weighted by Gasteiger charge is -2.25. The van der Waals surface area contributed by atoms with Gasteiger partial charge < -0.3 is 15.2 Å². The van der Waals surface area contributed by atoms with E-state index in [2.05, 4.69) is 42.9 Å². The van der Waals surface area contributed by atoms with Gasteiger partial charge in [0.25, 0.3) is 0 Å². The Morgan fingerprint density at radius 3 is 2.59 bits per heavy atom. The van der Waals surface area contributed by atoms with Crippen molar-refractivity contribution in [3.63, 3.8) is 0 Å². The summed E-state index contributed by atoms with van der Waals surface area (Å²) in [7, 11) is 0. The van der Waals surface area contributed by atoms with E-state index < -0.39 is 0 Å². The van der Waals surface area contributed by atoms with E-state index in [9.17, 15) is 9.59 Å². The minimum atomic E-state index is -0.149. The van der Waals surface area contributed by atoms with Crippen molar-refractivity contribution in [3.8, 4) is 0 Å². The van der Waals surface area contributed by atoms with Gasteiger partial charge in [-0.15, -0.1) is 21.5 Å². The molecule has 0 radical (unpaired) electrons. The fourth-order valence-corrected chi connectivity index (χ4v) is 5.53. The first-order valence-electron chi connectivity index (χ1n) is 10.8. The van der Waals surface area contributed by atoms with Crippen LogP contribution in [0.1, 0.15) is 55.8 Å². The van der Waals surface area contributed by atoms with E-state index in [0.29, 0.717) is 17.4 Å². The Bertz CT molecular complexity index is 1060. The number of rotatable bonds is 8. The van der Waals surface area contributed by atoms with Crippen LogP contribution in [0.25, 0.3) is 0 Å². The molecule has 0 bridgehead atoms. The zero-order chi connectivity index (χ0) is 22.3. The molecule has 1 aromatic carbocycles. The monoisotopic (exact) mass is 469 g/mol. The highest BCUT2D eigenvalue weighted by Crippen LogP contribution is 2.33. The van der Waals surface area contributed by atoms with E-state index in [0.717, 1.165) is 30.2 Å². The van der Waals surface area contributed by atoms with Crippen molar-refractivity contribution in [2.75, 3.05) is 16.4 Å². The molecule has 2 heterocycles. The molecule has 0 aliphatic heterocycles. The molecule has 2 aromatic heterocycles. The third-order valence-electron chi connectivity index (χ3n) is 5.39. The Balaban J connectivity index is 1.43. The maximum absolute atomic E-state index is 12.6. The zero-order valence-corrected chi connectivity index (χ0v) is 19.7. The third kappa shape index (κ3) is 5.98. The molecule has 32 heavy (non-hydrogen) atoms. The normalized spacial score (nSPS) is 14.3. The fourth-order valence-electron chi connectivity index (χ4n) is 4.01. The maximum Gasteiger partial charge on any atom is 0.234 e. The lowest BCUT2D eigenvalue weighted by molar-refractivity contribution is -0.114. The van der Waals surface area contributed by atoms with Crippen LogP contribution in [0.15, 0.2) is 46.9 Å². The minimum Gasteiger partial charge on any atom is -0.326 e. The van der Waals surface area contributed by atoms with Gasteiger partial charge in [0.05, 0.1) is 5.75 Å². The van der Waals surface area contributed by atoms with Gasteiger partial charge in [-0.3, -0.25) is 9.59 Å². The first-order chi connectivity index (χ1) is 15.6. The Morgan fingerprint density at radius 2 is 1.88 bits per heavy atom. The molecule has 168 valence electrons. The van der Waals surface area contributed by atoms with Gasteiger partial charge in [0, 0.05) is 35.6 Å². The van der Waals surface area contributed by atoms with Gasteiger partial charge in [0.15, 0.2) is 5.16 Å². The number of nitrogens with one attached hydrogen (secondary N) is 2. The maximum atomic E-state index is 12.6. The summed E-state index contributed by atoms with van der Waals surface area (Å²) in [5.41, 5.74) is 1.30. The van der Waals surface area contributed by atoms with Crippen LogP contribution in [0.4, 0.5) is 11.4 Å². The quantitative estimate of drug-likeness (QED) is 0.447. The summed E-state index contributed by atoms with van der Waals surface area (Å²) < 4.78 is 2.27. The predicted molar refractivity (Wildman–Crippen MR) is 129 cm³/mol. The summed E-state index contributed by atoms with van der Waals surface area (Å²) in [4.78, 5) is 25.1. The highest BCUT2D eigenvalue weighted by Gasteiger charge is 2.23. The lowest BCUT2D eigenvalue weighted by Crippen LogP contribution is -2.18. The number of hydrogen-bond acceptors (Lipinski definition) is 6. The Morgan fingerprint density at radius 1 is 1.09 bits per heavy atom. The van der Waals surface area contributed by atoms with E-state index >= 15 is 0 Å². The summed E-state index contributed by atoms with van der Waals surface area (Å²) in [5, 5.41) is 17.5. The number of benzene rings is 1. The second-order valence-electron chi connectivity index (χ2n) is 7.92. The molecule has 1 aliphatic carbocycles. The number of carbonyl (C=O) groups is 2. The molecule has 7 nitrogen and oxygen atoms in total. The molecule has 1 aliphatic rings. The average Bonchev–Trinajstić information content (AvgIpc) is 3.43. The van der Waals surface area contributed by atoms with Crippen molar-refractivity contribution in [2.24, 2.45) is 0 Å². The summed E-state index contributed by atoms with van der Waals surface area (Å²) in [6.45, 7) is 1.46. The van der Waals surface area contributed by atoms with Crippen LogP contribution < -0.4 is 10.6 Å². The average molecular weight is 470 g/mol.